The first kappa shape index (κ1) is 18.5. The van der Waals surface area contributed by atoms with Gasteiger partial charge in [0.05, 0.1) is 23.3 Å². The lowest BCUT2D eigenvalue weighted by atomic mass is 10.1. The summed E-state index contributed by atoms with van der Waals surface area (Å²) in [5, 5.41) is 10.2. The van der Waals surface area contributed by atoms with E-state index in [-0.39, 0.29) is 23.8 Å². The predicted molar refractivity (Wildman–Crippen MR) is 108 cm³/mol. The van der Waals surface area contributed by atoms with Gasteiger partial charge in [-0.15, -0.1) is 0 Å². The summed E-state index contributed by atoms with van der Waals surface area (Å²) < 4.78 is 27.4. The number of rotatable bonds is 5. The smallest absolute Gasteiger partial charge is 0.228 e. The van der Waals surface area contributed by atoms with Crippen molar-refractivity contribution in [1.82, 2.24) is 15.2 Å². The molecule has 0 bridgehead atoms. The van der Waals surface area contributed by atoms with Crippen molar-refractivity contribution in [1.29, 1.82) is 0 Å². The molecule has 29 heavy (non-hydrogen) atoms. The highest BCUT2D eigenvalue weighted by Crippen LogP contribution is 2.25. The lowest BCUT2D eigenvalue weighted by Crippen LogP contribution is -2.15. The summed E-state index contributed by atoms with van der Waals surface area (Å²) in [6.45, 7) is 0. The van der Waals surface area contributed by atoms with Gasteiger partial charge in [-0.2, -0.15) is 5.10 Å². The Labute approximate surface area is 165 Å². The summed E-state index contributed by atoms with van der Waals surface area (Å²) in [5.74, 6) is -1.22. The number of carbonyl (C=O) groups excluding carboxylic acids is 1. The van der Waals surface area contributed by atoms with Crippen molar-refractivity contribution >= 4 is 34.6 Å². The molecule has 0 fully saturated rings. The number of nitrogens with one attached hydrogen (secondary N) is 2. The third kappa shape index (κ3) is 4.35. The van der Waals surface area contributed by atoms with Crippen LogP contribution in [0.1, 0.15) is 16.8 Å². The zero-order valence-electron chi connectivity index (χ0n) is 15.2. The Morgan fingerprint density at radius 2 is 1.93 bits per heavy atom. The summed E-state index contributed by atoms with van der Waals surface area (Å²) in [6, 6.07) is 12.4. The summed E-state index contributed by atoms with van der Waals surface area (Å²) in [7, 11) is 0. The van der Waals surface area contributed by atoms with Crippen LogP contribution in [-0.2, 0) is 11.2 Å². The van der Waals surface area contributed by atoms with Crippen molar-refractivity contribution in [3.05, 3.63) is 89.4 Å². The Kier molecular flexibility index (Phi) is 5.11. The van der Waals surface area contributed by atoms with Crippen LogP contribution in [0.25, 0.3) is 23.1 Å². The maximum atomic E-state index is 14.4. The number of benzene rings is 2. The minimum Gasteiger partial charge on any atom is -0.323 e. The number of H-pyrrole nitrogens is 1. The first-order chi connectivity index (χ1) is 14.1. The Morgan fingerprint density at radius 3 is 2.69 bits per heavy atom. The molecule has 0 aliphatic rings. The van der Waals surface area contributed by atoms with Gasteiger partial charge in [-0.05, 0) is 41.5 Å². The van der Waals surface area contributed by atoms with E-state index >= 15 is 0 Å². The van der Waals surface area contributed by atoms with Crippen LogP contribution >= 0.6 is 0 Å². The molecule has 0 spiro atoms. The van der Waals surface area contributed by atoms with E-state index in [4.69, 9.17) is 0 Å². The molecular weight excluding hydrogens is 374 g/mol. The normalized spacial score (nSPS) is 11.2. The van der Waals surface area contributed by atoms with E-state index in [1.54, 1.807) is 54.9 Å². The second-order valence-electron chi connectivity index (χ2n) is 6.46. The second kappa shape index (κ2) is 8.02. The number of aromatic amines is 1. The van der Waals surface area contributed by atoms with Gasteiger partial charge in [-0.1, -0.05) is 24.3 Å². The van der Waals surface area contributed by atoms with Gasteiger partial charge in [0.2, 0.25) is 5.91 Å². The first-order valence-electron chi connectivity index (χ1n) is 8.88. The molecule has 7 heteroatoms. The average molecular weight is 390 g/mol. The number of amides is 1. The number of nitrogens with zero attached hydrogens (tertiary/aromatic N) is 2. The third-order valence-corrected chi connectivity index (χ3v) is 4.35. The zero-order valence-corrected chi connectivity index (χ0v) is 15.2. The number of aromatic nitrogens is 3. The molecule has 2 aromatic heterocycles. The van der Waals surface area contributed by atoms with Gasteiger partial charge in [-0.25, -0.2) is 8.78 Å². The fourth-order valence-corrected chi connectivity index (χ4v) is 2.91. The van der Waals surface area contributed by atoms with Gasteiger partial charge in [0.1, 0.15) is 11.6 Å². The van der Waals surface area contributed by atoms with Gasteiger partial charge in [-0.3, -0.25) is 14.9 Å². The van der Waals surface area contributed by atoms with Crippen LogP contribution in [0.15, 0.2) is 60.9 Å². The number of hydrogen-bond donors (Lipinski definition) is 2. The van der Waals surface area contributed by atoms with E-state index in [0.29, 0.717) is 16.6 Å². The minimum absolute atomic E-state index is 0.0734. The van der Waals surface area contributed by atoms with E-state index in [1.807, 2.05) is 0 Å². The molecule has 5 nitrogen and oxygen atoms in total. The van der Waals surface area contributed by atoms with Gasteiger partial charge in [0.15, 0.2) is 0 Å². The minimum atomic E-state index is -0.560. The fourth-order valence-electron chi connectivity index (χ4n) is 2.91. The molecule has 0 aliphatic heterocycles. The van der Waals surface area contributed by atoms with Crippen LogP contribution in [0.4, 0.5) is 14.5 Å². The van der Waals surface area contributed by atoms with E-state index in [9.17, 15) is 13.6 Å². The Balaban J connectivity index is 1.57. The maximum Gasteiger partial charge on any atom is 0.228 e. The molecule has 1 amide bonds. The van der Waals surface area contributed by atoms with Crippen LogP contribution in [0.3, 0.4) is 0 Å². The molecule has 2 N–H and O–H groups in total. The summed E-state index contributed by atoms with van der Waals surface area (Å²) in [5.41, 5.74) is 2.69. The van der Waals surface area contributed by atoms with E-state index in [2.05, 4.69) is 20.5 Å². The molecule has 0 atom stereocenters. The summed E-state index contributed by atoms with van der Waals surface area (Å²) >= 11 is 0. The standard InChI is InChI=1S/C22H16F2N4O/c23-16-6-3-14(4-7-16)5-8-19-17-11-21(18(24)12-20(17)28-27-19)26-22(29)10-15-2-1-9-25-13-15/h1-9,11-13H,10H2,(H,26,29)(H,27,28)/b8-5+. The highest BCUT2D eigenvalue weighted by Gasteiger charge is 2.12. The lowest BCUT2D eigenvalue weighted by Gasteiger charge is -2.07. The quantitative estimate of drug-likeness (QED) is 0.524. The highest BCUT2D eigenvalue weighted by atomic mass is 19.1. The van der Waals surface area contributed by atoms with Crippen LogP contribution in [0.2, 0.25) is 0 Å². The highest BCUT2D eigenvalue weighted by molar-refractivity contribution is 5.97. The SMILES string of the molecule is O=C(Cc1cccnc1)Nc1cc2c(/C=C/c3ccc(F)cc3)n[nH]c2cc1F. The molecule has 0 saturated heterocycles. The third-order valence-electron chi connectivity index (χ3n) is 4.35. The molecular formula is C22H16F2N4O. The lowest BCUT2D eigenvalue weighted by molar-refractivity contribution is -0.115. The molecule has 0 radical (unpaired) electrons. The Morgan fingerprint density at radius 1 is 1.10 bits per heavy atom. The van der Waals surface area contributed by atoms with Gasteiger partial charge >= 0.3 is 0 Å². The number of halogens is 2. The fraction of sp³-hybridized carbons (Fsp3) is 0.0455. The van der Waals surface area contributed by atoms with Crippen molar-refractivity contribution in [2.45, 2.75) is 6.42 Å². The van der Waals surface area contributed by atoms with Crippen LogP contribution in [0.5, 0.6) is 0 Å². The van der Waals surface area contributed by atoms with Gasteiger partial charge < -0.3 is 5.32 Å². The molecule has 144 valence electrons. The molecule has 2 heterocycles. The average Bonchev–Trinajstić information content (AvgIpc) is 3.10. The number of carbonyl (C=O) groups is 1. The van der Waals surface area contributed by atoms with Crippen molar-refractivity contribution in [2.75, 3.05) is 5.32 Å². The van der Waals surface area contributed by atoms with Gasteiger partial charge in [0.25, 0.3) is 0 Å². The largest absolute Gasteiger partial charge is 0.323 e. The van der Waals surface area contributed by atoms with Crippen molar-refractivity contribution < 1.29 is 13.6 Å². The first-order valence-corrected chi connectivity index (χ1v) is 8.88. The van der Waals surface area contributed by atoms with Crippen molar-refractivity contribution in [3.8, 4) is 0 Å². The summed E-state index contributed by atoms with van der Waals surface area (Å²) in [6.07, 6.45) is 6.82. The Hall–Kier alpha value is -3.87. The monoisotopic (exact) mass is 390 g/mol. The van der Waals surface area contributed by atoms with Crippen molar-refractivity contribution in [3.63, 3.8) is 0 Å². The second-order valence-corrected chi connectivity index (χ2v) is 6.46. The molecule has 0 aliphatic carbocycles. The maximum absolute atomic E-state index is 14.4. The molecule has 0 saturated carbocycles. The number of fused-ring (bicyclic) bond motifs is 1. The number of pyridine rings is 1. The zero-order chi connectivity index (χ0) is 20.2. The summed E-state index contributed by atoms with van der Waals surface area (Å²) in [4.78, 5) is 16.2. The van der Waals surface area contributed by atoms with E-state index < -0.39 is 5.82 Å². The van der Waals surface area contributed by atoms with E-state index in [1.165, 1.54) is 18.2 Å². The number of hydrogen-bond acceptors (Lipinski definition) is 3. The molecule has 4 aromatic rings. The molecule has 2 aromatic carbocycles. The van der Waals surface area contributed by atoms with Crippen LogP contribution in [-0.4, -0.2) is 21.1 Å². The van der Waals surface area contributed by atoms with E-state index in [0.717, 1.165) is 11.1 Å². The molecule has 4 rings (SSSR count). The topological polar surface area (TPSA) is 70.7 Å². The van der Waals surface area contributed by atoms with Crippen LogP contribution in [0, 0.1) is 11.6 Å². The predicted octanol–water partition coefficient (Wildman–Crippen LogP) is 4.59. The number of anilines is 1. The van der Waals surface area contributed by atoms with Gasteiger partial charge in [0, 0.05) is 23.8 Å². The Bertz CT molecular complexity index is 1180. The van der Waals surface area contributed by atoms with Crippen LogP contribution < -0.4 is 5.32 Å². The van der Waals surface area contributed by atoms with Crippen molar-refractivity contribution in [2.24, 2.45) is 0 Å². The molecule has 0 unspecified atom stereocenters.